The molecule has 0 radical (unpaired) electrons. The van der Waals surface area contributed by atoms with Gasteiger partial charge in [0.25, 0.3) is 0 Å². The van der Waals surface area contributed by atoms with Crippen molar-refractivity contribution in [3.63, 3.8) is 0 Å². The lowest BCUT2D eigenvalue weighted by molar-refractivity contribution is 0.0635. The van der Waals surface area contributed by atoms with Crippen LogP contribution in [-0.4, -0.2) is 32.5 Å². The van der Waals surface area contributed by atoms with E-state index >= 15 is 0 Å². The van der Waals surface area contributed by atoms with Gasteiger partial charge in [-0.2, -0.15) is 0 Å². The van der Waals surface area contributed by atoms with Crippen molar-refractivity contribution in [2.75, 3.05) is 26.1 Å². The van der Waals surface area contributed by atoms with Crippen LogP contribution >= 0.6 is 0 Å². The van der Waals surface area contributed by atoms with Crippen molar-refractivity contribution in [1.29, 1.82) is 0 Å². The first-order valence-electron chi connectivity index (χ1n) is 6.75. The van der Waals surface area contributed by atoms with Gasteiger partial charge in [-0.25, -0.2) is 4.79 Å². The first-order chi connectivity index (χ1) is 9.80. The Hall–Kier alpha value is -1.95. The zero-order valence-corrected chi connectivity index (χ0v) is 13.3. The summed E-state index contributed by atoms with van der Waals surface area (Å²) in [5.41, 5.74) is 6.44. The van der Waals surface area contributed by atoms with E-state index in [1.807, 2.05) is 6.07 Å². The molecule has 0 aliphatic heterocycles. The zero-order chi connectivity index (χ0) is 16.0. The van der Waals surface area contributed by atoms with Gasteiger partial charge in [-0.05, 0) is 51.4 Å². The standard InChI is InChI=1S/C15H24N2O4/c1-15(2,3)21-14(18)17-11-8-10(6-7-16)9-12(19-4)13(11)20-5/h8-9H,6-7,16H2,1-5H3,(H,17,18). The molecule has 0 bridgehead atoms. The average molecular weight is 296 g/mol. The fraction of sp³-hybridized carbons (Fsp3) is 0.533. The van der Waals surface area contributed by atoms with Crippen LogP contribution in [0, 0.1) is 0 Å². The molecule has 118 valence electrons. The summed E-state index contributed by atoms with van der Waals surface area (Å²) in [5, 5.41) is 2.68. The third kappa shape index (κ3) is 5.15. The highest BCUT2D eigenvalue weighted by Crippen LogP contribution is 2.37. The quantitative estimate of drug-likeness (QED) is 0.872. The van der Waals surface area contributed by atoms with Crippen LogP contribution in [0.1, 0.15) is 26.3 Å². The summed E-state index contributed by atoms with van der Waals surface area (Å²) in [4.78, 5) is 11.9. The summed E-state index contributed by atoms with van der Waals surface area (Å²) in [6.45, 7) is 5.90. The van der Waals surface area contributed by atoms with Crippen molar-refractivity contribution in [3.05, 3.63) is 17.7 Å². The molecular formula is C15H24N2O4. The Morgan fingerprint density at radius 3 is 2.38 bits per heavy atom. The minimum Gasteiger partial charge on any atom is -0.493 e. The van der Waals surface area contributed by atoms with E-state index in [4.69, 9.17) is 19.9 Å². The van der Waals surface area contributed by atoms with E-state index in [-0.39, 0.29) is 0 Å². The second-order valence-corrected chi connectivity index (χ2v) is 5.54. The highest BCUT2D eigenvalue weighted by Gasteiger charge is 2.19. The van der Waals surface area contributed by atoms with Gasteiger partial charge in [0.2, 0.25) is 0 Å². The highest BCUT2D eigenvalue weighted by atomic mass is 16.6. The molecule has 0 fully saturated rings. The fourth-order valence-corrected chi connectivity index (χ4v) is 1.84. The average Bonchev–Trinajstić information content (AvgIpc) is 2.36. The molecule has 0 saturated carbocycles. The minimum atomic E-state index is -0.573. The summed E-state index contributed by atoms with van der Waals surface area (Å²) in [7, 11) is 3.06. The van der Waals surface area contributed by atoms with Gasteiger partial charge in [0.1, 0.15) is 5.60 Å². The number of ether oxygens (including phenoxy) is 3. The summed E-state index contributed by atoms with van der Waals surface area (Å²) in [5.74, 6) is 0.985. The maximum absolute atomic E-state index is 11.9. The Bertz CT molecular complexity index is 495. The number of hydrogen-bond acceptors (Lipinski definition) is 5. The van der Waals surface area contributed by atoms with Crippen LogP contribution < -0.4 is 20.5 Å². The van der Waals surface area contributed by atoms with Crippen molar-refractivity contribution >= 4 is 11.8 Å². The summed E-state index contributed by atoms with van der Waals surface area (Å²) in [6.07, 6.45) is 0.122. The molecule has 0 unspecified atom stereocenters. The predicted molar refractivity (Wildman–Crippen MR) is 82.2 cm³/mol. The molecule has 0 heterocycles. The van der Waals surface area contributed by atoms with E-state index in [0.29, 0.717) is 30.2 Å². The van der Waals surface area contributed by atoms with Crippen LogP contribution in [0.3, 0.4) is 0 Å². The molecule has 21 heavy (non-hydrogen) atoms. The van der Waals surface area contributed by atoms with E-state index in [9.17, 15) is 4.79 Å². The van der Waals surface area contributed by atoms with Gasteiger partial charge >= 0.3 is 6.09 Å². The Kier molecular flexibility index (Phi) is 5.84. The monoisotopic (exact) mass is 296 g/mol. The van der Waals surface area contributed by atoms with Crippen LogP contribution in [0.5, 0.6) is 11.5 Å². The van der Waals surface area contributed by atoms with Crippen molar-refractivity contribution < 1.29 is 19.0 Å². The Morgan fingerprint density at radius 1 is 1.24 bits per heavy atom. The molecule has 0 atom stereocenters. The van der Waals surface area contributed by atoms with Gasteiger partial charge in [-0.3, -0.25) is 5.32 Å². The first-order valence-corrected chi connectivity index (χ1v) is 6.75. The lowest BCUT2D eigenvalue weighted by atomic mass is 10.1. The van der Waals surface area contributed by atoms with Crippen molar-refractivity contribution in [3.8, 4) is 11.5 Å². The van der Waals surface area contributed by atoms with Crippen LogP contribution in [0.2, 0.25) is 0 Å². The minimum absolute atomic E-state index is 0.448. The molecule has 0 aliphatic carbocycles. The second kappa shape index (κ2) is 7.17. The molecular weight excluding hydrogens is 272 g/mol. The van der Waals surface area contributed by atoms with Crippen molar-refractivity contribution in [2.24, 2.45) is 5.73 Å². The molecule has 0 spiro atoms. The fourth-order valence-electron chi connectivity index (χ4n) is 1.84. The lowest BCUT2D eigenvalue weighted by Gasteiger charge is -2.21. The molecule has 6 nitrogen and oxygen atoms in total. The predicted octanol–water partition coefficient (Wildman–Crippen LogP) is 2.55. The SMILES string of the molecule is COc1cc(CCN)cc(NC(=O)OC(C)(C)C)c1OC. The van der Waals surface area contributed by atoms with Crippen molar-refractivity contribution in [2.45, 2.75) is 32.8 Å². The van der Waals surface area contributed by atoms with E-state index in [0.717, 1.165) is 5.56 Å². The topological polar surface area (TPSA) is 82.8 Å². The van der Waals surface area contributed by atoms with E-state index in [1.165, 1.54) is 7.11 Å². The molecule has 0 aliphatic rings. The van der Waals surface area contributed by atoms with Crippen LogP contribution in [0.4, 0.5) is 10.5 Å². The van der Waals surface area contributed by atoms with Gasteiger partial charge in [0.05, 0.1) is 19.9 Å². The van der Waals surface area contributed by atoms with E-state index < -0.39 is 11.7 Å². The summed E-state index contributed by atoms with van der Waals surface area (Å²) in [6, 6.07) is 3.64. The molecule has 3 N–H and O–H groups in total. The molecule has 1 amide bonds. The van der Waals surface area contributed by atoms with Gasteiger partial charge in [-0.1, -0.05) is 0 Å². The van der Waals surface area contributed by atoms with Gasteiger partial charge in [-0.15, -0.1) is 0 Å². The van der Waals surface area contributed by atoms with Gasteiger partial charge < -0.3 is 19.9 Å². The molecule has 0 aromatic heterocycles. The molecule has 1 rings (SSSR count). The smallest absolute Gasteiger partial charge is 0.412 e. The number of amides is 1. The summed E-state index contributed by atoms with van der Waals surface area (Å²) >= 11 is 0. The number of benzene rings is 1. The lowest BCUT2D eigenvalue weighted by Crippen LogP contribution is -2.27. The summed E-state index contributed by atoms with van der Waals surface area (Å²) < 4.78 is 15.8. The Morgan fingerprint density at radius 2 is 1.90 bits per heavy atom. The normalized spacial score (nSPS) is 11.0. The van der Waals surface area contributed by atoms with Crippen molar-refractivity contribution in [1.82, 2.24) is 0 Å². The van der Waals surface area contributed by atoms with Crippen LogP contribution in [0.25, 0.3) is 0 Å². The number of methoxy groups -OCH3 is 2. The largest absolute Gasteiger partial charge is 0.493 e. The number of hydrogen-bond donors (Lipinski definition) is 2. The first kappa shape index (κ1) is 17.1. The maximum atomic E-state index is 11.9. The zero-order valence-electron chi connectivity index (χ0n) is 13.3. The van der Waals surface area contributed by atoms with E-state index in [2.05, 4.69) is 5.32 Å². The molecule has 1 aromatic carbocycles. The number of carbonyl (C=O) groups is 1. The third-order valence-corrected chi connectivity index (χ3v) is 2.61. The molecule has 0 saturated heterocycles. The second-order valence-electron chi connectivity index (χ2n) is 5.54. The maximum Gasteiger partial charge on any atom is 0.412 e. The number of rotatable bonds is 5. The van der Waals surface area contributed by atoms with Crippen LogP contribution in [0.15, 0.2) is 12.1 Å². The Balaban J connectivity index is 3.08. The van der Waals surface area contributed by atoms with Gasteiger partial charge in [0, 0.05) is 0 Å². The third-order valence-electron chi connectivity index (χ3n) is 2.61. The van der Waals surface area contributed by atoms with Crippen LogP contribution in [-0.2, 0) is 11.2 Å². The number of anilines is 1. The molecule has 6 heteroatoms. The number of nitrogens with one attached hydrogen (secondary N) is 1. The number of carbonyl (C=O) groups excluding carboxylic acids is 1. The highest BCUT2D eigenvalue weighted by molar-refractivity contribution is 5.88. The van der Waals surface area contributed by atoms with Gasteiger partial charge in [0.15, 0.2) is 11.5 Å². The number of nitrogens with two attached hydrogens (primary N) is 1. The molecule has 1 aromatic rings. The van der Waals surface area contributed by atoms with E-state index in [1.54, 1.807) is 33.9 Å². The Labute approximate surface area is 125 Å².